The highest BCUT2D eigenvalue weighted by Crippen LogP contribution is 2.13. The molecule has 100 valence electrons. The highest BCUT2D eigenvalue weighted by molar-refractivity contribution is 5.80. The molecule has 1 aromatic heterocycles. The van der Waals surface area contributed by atoms with Crippen LogP contribution in [0.3, 0.4) is 0 Å². The first-order valence-electron chi connectivity index (χ1n) is 5.55. The number of carbonyl (C=O) groups is 2. The molecule has 18 heavy (non-hydrogen) atoms. The van der Waals surface area contributed by atoms with Gasteiger partial charge >= 0.3 is 12.0 Å². The number of rotatable bonds is 4. The molecule has 7 heteroatoms. The first-order chi connectivity index (χ1) is 8.30. The number of aliphatic carboxylic acids is 1. The van der Waals surface area contributed by atoms with Gasteiger partial charge in [0.25, 0.3) is 0 Å². The van der Waals surface area contributed by atoms with E-state index in [0.29, 0.717) is 6.54 Å². The van der Waals surface area contributed by atoms with Crippen LogP contribution in [-0.2, 0) is 11.3 Å². The zero-order valence-corrected chi connectivity index (χ0v) is 10.7. The van der Waals surface area contributed by atoms with Crippen LogP contribution >= 0.6 is 0 Å². The molecule has 0 saturated carbocycles. The van der Waals surface area contributed by atoms with Gasteiger partial charge in [0.2, 0.25) is 0 Å². The number of carboxylic acids is 1. The molecule has 0 atom stereocenters. The molecule has 1 rings (SSSR count). The van der Waals surface area contributed by atoms with Crippen molar-refractivity contribution < 1.29 is 14.7 Å². The van der Waals surface area contributed by atoms with Crippen LogP contribution in [0, 0.1) is 0 Å². The predicted molar refractivity (Wildman–Crippen MR) is 64.9 cm³/mol. The number of H-pyrrole nitrogens is 1. The van der Waals surface area contributed by atoms with Crippen molar-refractivity contribution >= 4 is 12.0 Å². The number of amides is 2. The van der Waals surface area contributed by atoms with Crippen molar-refractivity contribution in [3.05, 3.63) is 18.0 Å². The summed E-state index contributed by atoms with van der Waals surface area (Å²) in [6.45, 7) is 5.33. The fraction of sp³-hybridized carbons (Fsp3) is 0.545. The van der Waals surface area contributed by atoms with Crippen LogP contribution in [0.1, 0.15) is 26.3 Å². The maximum atomic E-state index is 11.9. The van der Waals surface area contributed by atoms with Gasteiger partial charge in [-0.25, -0.2) is 4.79 Å². The van der Waals surface area contributed by atoms with Gasteiger partial charge in [0.15, 0.2) is 0 Å². The molecule has 1 heterocycles. The lowest BCUT2D eigenvalue weighted by Gasteiger charge is -2.34. The molecule has 0 unspecified atom stereocenters. The van der Waals surface area contributed by atoms with E-state index in [1.54, 1.807) is 33.2 Å². The van der Waals surface area contributed by atoms with Gasteiger partial charge in [-0.05, 0) is 20.8 Å². The Morgan fingerprint density at radius 2 is 2.17 bits per heavy atom. The van der Waals surface area contributed by atoms with E-state index < -0.39 is 17.5 Å². The standard InChI is InChI=1S/C11H18N4O3/c1-11(2,3)15(7-9(16)17)10(18)12-4-8-5-13-14-6-8/h5-6H,4,7H2,1-3H3,(H,12,18)(H,13,14)(H,16,17). The number of carbonyl (C=O) groups excluding carboxylic acids is 1. The normalized spacial score (nSPS) is 11.1. The van der Waals surface area contributed by atoms with E-state index in [9.17, 15) is 9.59 Å². The van der Waals surface area contributed by atoms with Gasteiger partial charge in [-0.15, -0.1) is 0 Å². The number of aromatic amines is 1. The second-order valence-electron chi connectivity index (χ2n) is 4.92. The van der Waals surface area contributed by atoms with Crippen molar-refractivity contribution in [2.45, 2.75) is 32.9 Å². The molecule has 0 bridgehead atoms. The molecule has 0 fully saturated rings. The van der Waals surface area contributed by atoms with Gasteiger partial charge in [0, 0.05) is 23.8 Å². The number of hydrogen-bond donors (Lipinski definition) is 3. The number of nitrogens with zero attached hydrogens (tertiary/aromatic N) is 2. The molecule has 0 aliphatic rings. The van der Waals surface area contributed by atoms with Crippen molar-refractivity contribution in [1.29, 1.82) is 0 Å². The fourth-order valence-corrected chi connectivity index (χ4v) is 1.40. The van der Waals surface area contributed by atoms with Crippen molar-refractivity contribution in [3.8, 4) is 0 Å². The highest BCUT2D eigenvalue weighted by Gasteiger charge is 2.28. The molecule has 0 spiro atoms. The number of carboxylic acid groups (broad SMARTS) is 1. The summed E-state index contributed by atoms with van der Waals surface area (Å²) in [4.78, 5) is 24.0. The fourth-order valence-electron chi connectivity index (χ4n) is 1.40. The zero-order chi connectivity index (χ0) is 13.8. The molecule has 2 amide bonds. The second-order valence-corrected chi connectivity index (χ2v) is 4.92. The lowest BCUT2D eigenvalue weighted by Crippen LogP contribution is -2.52. The third-order valence-electron chi connectivity index (χ3n) is 2.35. The molecule has 0 aliphatic carbocycles. The summed E-state index contributed by atoms with van der Waals surface area (Å²) in [5, 5.41) is 17.9. The molecular weight excluding hydrogens is 236 g/mol. The van der Waals surface area contributed by atoms with Gasteiger partial charge in [-0.2, -0.15) is 5.10 Å². The molecule has 0 aliphatic heterocycles. The minimum absolute atomic E-state index is 0.307. The third-order valence-corrected chi connectivity index (χ3v) is 2.35. The van der Waals surface area contributed by atoms with Crippen molar-refractivity contribution in [3.63, 3.8) is 0 Å². The van der Waals surface area contributed by atoms with Crippen molar-refractivity contribution in [2.75, 3.05) is 6.54 Å². The van der Waals surface area contributed by atoms with E-state index >= 15 is 0 Å². The van der Waals surface area contributed by atoms with Crippen LogP contribution in [0.25, 0.3) is 0 Å². The van der Waals surface area contributed by atoms with Crippen molar-refractivity contribution in [2.24, 2.45) is 0 Å². The first kappa shape index (κ1) is 14.0. The Labute approximate surface area is 105 Å². The van der Waals surface area contributed by atoms with E-state index in [0.717, 1.165) is 5.56 Å². The summed E-state index contributed by atoms with van der Waals surface area (Å²) in [6, 6.07) is -0.411. The summed E-state index contributed by atoms with van der Waals surface area (Å²) in [5.41, 5.74) is 0.270. The molecular formula is C11H18N4O3. The molecule has 0 aromatic carbocycles. The monoisotopic (exact) mass is 254 g/mol. The minimum Gasteiger partial charge on any atom is -0.480 e. The van der Waals surface area contributed by atoms with Crippen LogP contribution < -0.4 is 5.32 Å². The average molecular weight is 254 g/mol. The molecule has 0 saturated heterocycles. The Balaban J connectivity index is 2.62. The number of aromatic nitrogens is 2. The van der Waals surface area contributed by atoms with E-state index in [1.165, 1.54) is 4.90 Å². The number of nitrogens with one attached hydrogen (secondary N) is 2. The Morgan fingerprint density at radius 1 is 1.50 bits per heavy atom. The van der Waals surface area contributed by atoms with Crippen LogP contribution in [0.2, 0.25) is 0 Å². The second kappa shape index (κ2) is 5.52. The molecule has 7 nitrogen and oxygen atoms in total. The molecule has 1 aromatic rings. The Kier molecular flexibility index (Phi) is 4.30. The zero-order valence-electron chi connectivity index (χ0n) is 10.7. The number of hydrogen-bond acceptors (Lipinski definition) is 3. The Bertz CT molecular complexity index is 408. The topological polar surface area (TPSA) is 98.3 Å². The maximum absolute atomic E-state index is 11.9. The predicted octanol–water partition coefficient (Wildman–Crippen LogP) is 0.804. The van der Waals surface area contributed by atoms with Gasteiger partial charge in [-0.3, -0.25) is 9.89 Å². The van der Waals surface area contributed by atoms with E-state index in [4.69, 9.17) is 5.11 Å². The molecule has 3 N–H and O–H groups in total. The van der Waals surface area contributed by atoms with Crippen LogP contribution in [0.15, 0.2) is 12.4 Å². The molecule has 0 radical (unpaired) electrons. The van der Waals surface area contributed by atoms with Gasteiger partial charge in [0.05, 0.1) is 6.20 Å². The lowest BCUT2D eigenvalue weighted by atomic mass is 10.1. The summed E-state index contributed by atoms with van der Waals surface area (Å²) >= 11 is 0. The third kappa shape index (κ3) is 4.08. The lowest BCUT2D eigenvalue weighted by molar-refractivity contribution is -0.138. The average Bonchev–Trinajstić information content (AvgIpc) is 2.73. The highest BCUT2D eigenvalue weighted by atomic mass is 16.4. The largest absolute Gasteiger partial charge is 0.480 e. The van der Waals surface area contributed by atoms with Crippen LogP contribution in [0.4, 0.5) is 4.79 Å². The quantitative estimate of drug-likeness (QED) is 0.740. The minimum atomic E-state index is -1.04. The van der Waals surface area contributed by atoms with Crippen molar-refractivity contribution in [1.82, 2.24) is 20.4 Å². The van der Waals surface area contributed by atoms with E-state index in [-0.39, 0.29) is 6.54 Å². The van der Waals surface area contributed by atoms with Gasteiger partial charge < -0.3 is 15.3 Å². The van der Waals surface area contributed by atoms with Crippen LogP contribution in [0.5, 0.6) is 0 Å². The maximum Gasteiger partial charge on any atom is 0.323 e. The summed E-state index contributed by atoms with van der Waals surface area (Å²) in [7, 11) is 0. The SMILES string of the molecule is CC(C)(C)N(CC(=O)O)C(=O)NCc1cn[nH]c1. The van der Waals surface area contributed by atoms with Gasteiger partial charge in [0.1, 0.15) is 6.54 Å². The summed E-state index contributed by atoms with van der Waals surface area (Å²) in [6.07, 6.45) is 3.26. The van der Waals surface area contributed by atoms with E-state index in [2.05, 4.69) is 15.5 Å². The summed E-state index contributed by atoms with van der Waals surface area (Å²) in [5.74, 6) is -1.04. The smallest absolute Gasteiger partial charge is 0.323 e. The van der Waals surface area contributed by atoms with E-state index in [1.807, 2.05) is 0 Å². The number of urea groups is 1. The Hall–Kier alpha value is -2.05. The van der Waals surface area contributed by atoms with Gasteiger partial charge in [-0.1, -0.05) is 0 Å². The summed E-state index contributed by atoms with van der Waals surface area (Å²) < 4.78 is 0. The first-order valence-corrected chi connectivity index (χ1v) is 5.55. The van der Waals surface area contributed by atoms with Crippen LogP contribution in [-0.4, -0.2) is 44.3 Å². The Morgan fingerprint density at radius 3 is 2.61 bits per heavy atom.